The minimum Gasteiger partial charge on any atom is -0.406 e. The highest BCUT2D eigenvalue weighted by molar-refractivity contribution is 7.27. The van der Waals surface area contributed by atoms with Crippen LogP contribution in [-0.4, -0.2) is 21.7 Å². The third kappa shape index (κ3) is 6.20. The highest BCUT2D eigenvalue weighted by Gasteiger charge is 2.31. The molecule has 0 saturated carbocycles. The Balaban J connectivity index is 1.71. The van der Waals surface area contributed by atoms with Gasteiger partial charge in [0, 0.05) is 12.1 Å². The van der Waals surface area contributed by atoms with Crippen molar-refractivity contribution in [3.05, 3.63) is 77.9 Å². The van der Waals surface area contributed by atoms with Crippen molar-refractivity contribution in [2.45, 2.75) is 39.1 Å². The van der Waals surface area contributed by atoms with Crippen molar-refractivity contribution in [2.24, 2.45) is 0 Å². The smallest absolute Gasteiger partial charge is 0.406 e. The number of rotatable bonds is 8. The minimum absolute atomic E-state index is 0.0796. The van der Waals surface area contributed by atoms with Gasteiger partial charge in [0.1, 0.15) is 11.5 Å². The summed E-state index contributed by atoms with van der Waals surface area (Å²) in [6, 6.07) is 19.5. The molecule has 3 aromatic carbocycles. The van der Waals surface area contributed by atoms with E-state index < -0.39 is 6.36 Å². The zero-order chi connectivity index (χ0) is 25.2. The second-order valence-electron chi connectivity index (χ2n) is 8.37. The largest absolute Gasteiger partial charge is 0.573 e. The standard InChI is InChI=1S/C26H25F3N3O2P/c1-16(33)3-4-18-5-14-24-23(15-18)31-25(32(24)17(2)19-6-12-22(35)13-7-19)30-20-8-10-21(11-9-20)34-26(27,28)29/h5-15,17H,3-4,35H2,1-2H3,(H,30,31)/t17-/m1/s1. The van der Waals surface area contributed by atoms with Crippen LogP contribution in [0.5, 0.6) is 5.75 Å². The first-order valence-electron chi connectivity index (χ1n) is 11.1. The molecule has 9 heteroatoms. The molecule has 0 saturated heterocycles. The number of anilines is 2. The van der Waals surface area contributed by atoms with Crippen LogP contribution in [0.4, 0.5) is 24.8 Å². The van der Waals surface area contributed by atoms with E-state index in [0.29, 0.717) is 24.5 Å². The molecular weight excluding hydrogens is 474 g/mol. The summed E-state index contributed by atoms with van der Waals surface area (Å²) in [6.45, 7) is 3.64. The number of nitrogens with one attached hydrogen (secondary N) is 1. The Bertz CT molecular complexity index is 1330. The van der Waals surface area contributed by atoms with Crippen LogP contribution >= 0.6 is 9.24 Å². The average molecular weight is 499 g/mol. The van der Waals surface area contributed by atoms with Gasteiger partial charge in [0.15, 0.2) is 0 Å². The Morgan fingerprint density at radius 2 is 1.77 bits per heavy atom. The maximum atomic E-state index is 12.5. The monoisotopic (exact) mass is 499 g/mol. The molecule has 2 atom stereocenters. The molecule has 1 heterocycles. The lowest BCUT2D eigenvalue weighted by Gasteiger charge is -2.19. The number of nitrogens with zero attached hydrogens (tertiary/aromatic N) is 2. The molecule has 1 unspecified atom stereocenters. The first-order valence-corrected chi connectivity index (χ1v) is 11.7. The fourth-order valence-corrected chi connectivity index (χ4v) is 4.09. The summed E-state index contributed by atoms with van der Waals surface area (Å²) in [5.74, 6) is 0.385. The summed E-state index contributed by atoms with van der Waals surface area (Å²) in [6.07, 6.45) is -3.65. The summed E-state index contributed by atoms with van der Waals surface area (Å²) >= 11 is 0. The number of Topliss-reactive ketones (excluding diaryl/α,β-unsaturated/α-hetero) is 1. The van der Waals surface area contributed by atoms with Crippen molar-refractivity contribution < 1.29 is 22.7 Å². The fraction of sp³-hybridized carbons (Fsp3) is 0.231. The van der Waals surface area contributed by atoms with Crippen molar-refractivity contribution >= 4 is 43.0 Å². The quantitative estimate of drug-likeness (QED) is 0.289. The topological polar surface area (TPSA) is 56.1 Å². The molecule has 0 fully saturated rings. The van der Waals surface area contributed by atoms with E-state index in [1.54, 1.807) is 6.92 Å². The molecule has 182 valence electrons. The maximum absolute atomic E-state index is 12.5. The molecule has 4 rings (SSSR count). The molecule has 0 radical (unpaired) electrons. The van der Waals surface area contributed by atoms with Gasteiger partial charge in [-0.25, -0.2) is 4.98 Å². The maximum Gasteiger partial charge on any atom is 0.573 e. The third-order valence-electron chi connectivity index (χ3n) is 5.67. The molecule has 0 aliphatic heterocycles. The summed E-state index contributed by atoms with van der Waals surface area (Å²) in [5, 5.41) is 4.32. The SMILES string of the molecule is CC(=O)CCc1ccc2c(c1)nc(Nc1ccc(OC(F)(F)F)cc1)n2[C@H](C)c1ccc(P)cc1. The molecule has 1 N–H and O–H groups in total. The normalized spacial score (nSPS) is 12.5. The number of imidazole rings is 1. The number of hydrogen-bond acceptors (Lipinski definition) is 4. The molecule has 35 heavy (non-hydrogen) atoms. The number of ketones is 1. The molecule has 0 aliphatic carbocycles. The number of aromatic nitrogens is 2. The zero-order valence-corrected chi connectivity index (χ0v) is 20.4. The molecule has 0 amide bonds. The van der Waals surface area contributed by atoms with E-state index >= 15 is 0 Å². The molecular formula is C26H25F3N3O2P. The van der Waals surface area contributed by atoms with Crippen LogP contribution in [-0.2, 0) is 11.2 Å². The second kappa shape index (κ2) is 10.1. The molecule has 1 aromatic heterocycles. The Kier molecular flexibility index (Phi) is 7.13. The van der Waals surface area contributed by atoms with E-state index in [4.69, 9.17) is 4.98 Å². The van der Waals surface area contributed by atoms with Gasteiger partial charge in [0.2, 0.25) is 5.95 Å². The summed E-state index contributed by atoms with van der Waals surface area (Å²) in [5.41, 5.74) is 4.32. The second-order valence-corrected chi connectivity index (χ2v) is 9.04. The lowest BCUT2D eigenvalue weighted by Crippen LogP contribution is -2.17. The highest BCUT2D eigenvalue weighted by atomic mass is 31.0. The van der Waals surface area contributed by atoms with Gasteiger partial charge in [-0.05, 0) is 73.1 Å². The van der Waals surface area contributed by atoms with E-state index in [-0.39, 0.29) is 17.6 Å². The third-order valence-corrected chi connectivity index (χ3v) is 6.05. The van der Waals surface area contributed by atoms with Gasteiger partial charge in [-0.3, -0.25) is 0 Å². The van der Waals surface area contributed by atoms with Gasteiger partial charge in [-0.2, -0.15) is 0 Å². The zero-order valence-electron chi connectivity index (χ0n) is 19.3. The number of benzene rings is 3. The number of halogens is 3. The van der Waals surface area contributed by atoms with Gasteiger partial charge in [-0.1, -0.05) is 30.3 Å². The minimum atomic E-state index is -4.75. The average Bonchev–Trinajstić information content (AvgIpc) is 3.15. The fourth-order valence-electron chi connectivity index (χ4n) is 3.89. The first-order chi connectivity index (χ1) is 16.6. The Morgan fingerprint density at radius 1 is 1.09 bits per heavy atom. The van der Waals surface area contributed by atoms with E-state index in [9.17, 15) is 18.0 Å². The summed E-state index contributed by atoms with van der Waals surface area (Å²) in [7, 11) is 2.67. The van der Waals surface area contributed by atoms with Crippen LogP contribution in [0, 0.1) is 0 Å². The highest BCUT2D eigenvalue weighted by Crippen LogP contribution is 2.32. The molecule has 0 aliphatic rings. The van der Waals surface area contributed by atoms with Crippen LogP contribution in [0.15, 0.2) is 66.7 Å². The van der Waals surface area contributed by atoms with E-state index in [0.717, 1.165) is 27.5 Å². The number of fused-ring (bicyclic) bond motifs is 1. The van der Waals surface area contributed by atoms with Crippen LogP contribution in [0.1, 0.15) is 37.4 Å². The number of alkyl halides is 3. The van der Waals surface area contributed by atoms with E-state index in [1.807, 2.05) is 42.5 Å². The Labute approximate surface area is 203 Å². The predicted octanol–water partition coefficient (Wildman–Crippen LogP) is 6.31. The van der Waals surface area contributed by atoms with Crippen molar-refractivity contribution in [1.29, 1.82) is 0 Å². The van der Waals surface area contributed by atoms with E-state index in [2.05, 4.69) is 30.8 Å². The summed E-state index contributed by atoms with van der Waals surface area (Å²) < 4.78 is 43.5. The molecule has 4 aromatic rings. The lowest BCUT2D eigenvalue weighted by molar-refractivity contribution is -0.274. The van der Waals surface area contributed by atoms with Crippen LogP contribution in [0.3, 0.4) is 0 Å². The van der Waals surface area contributed by atoms with Crippen molar-refractivity contribution in [3.8, 4) is 5.75 Å². The molecule has 5 nitrogen and oxygen atoms in total. The predicted molar refractivity (Wildman–Crippen MR) is 135 cm³/mol. The van der Waals surface area contributed by atoms with Crippen molar-refractivity contribution in [2.75, 3.05) is 5.32 Å². The van der Waals surface area contributed by atoms with Gasteiger partial charge in [-0.15, -0.1) is 22.4 Å². The molecule has 0 bridgehead atoms. The Hall–Kier alpha value is -3.38. The van der Waals surface area contributed by atoms with Gasteiger partial charge in [0.25, 0.3) is 0 Å². The number of carbonyl (C=O) groups is 1. The van der Waals surface area contributed by atoms with Crippen LogP contribution < -0.4 is 15.4 Å². The van der Waals surface area contributed by atoms with Gasteiger partial charge >= 0.3 is 6.36 Å². The van der Waals surface area contributed by atoms with Gasteiger partial charge in [0.05, 0.1) is 17.1 Å². The number of ether oxygens (including phenoxy) is 1. The molecule has 0 spiro atoms. The van der Waals surface area contributed by atoms with E-state index in [1.165, 1.54) is 24.3 Å². The van der Waals surface area contributed by atoms with Crippen molar-refractivity contribution in [1.82, 2.24) is 9.55 Å². The number of aryl methyl sites for hydroxylation is 1. The first kappa shape index (κ1) is 24.7. The number of hydrogen-bond donors (Lipinski definition) is 1. The lowest BCUT2D eigenvalue weighted by atomic mass is 10.1. The van der Waals surface area contributed by atoms with Crippen LogP contribution in [0.2, 0.25) is 0 Å². The summed E-state index contributed by atoms with van der Waals surface area (Å²) in [4.78, 5) is 16.2. The number of carbonyl (C=O) groups excluding carboxylic acids is 1. The van der Waals surface area contributed by atoms with Crippen molar-refractivity contribution in [3.63, 3.8) is 0 Å². The van der Waals surface area contributed by atoms with Crippen LogP contribution in [0.25, 0.3) is 11.0 Å². The Morgan fingerprint density at radius 3 is 2.40 bits per heavy atom. The van der Waals surface area contributed by atoms with Gasteiger partial charge < -0.3 is 19.4 Å².